The van der Waals surface area contributed by atoms with Gasteiger partial charge in [-0.25, -0.2) is 0 Å². The van der Waals surface area contributed by atoms with E-state index in [1.165, 1.54) is 0 Å². The van der Waals surface area contributed by atoms with Gasteiger partial charge in [0, 0.05) is 5.92 Å². The van der Waals surface area contributed by atoms with Crippen molar-refractivity contribution in [2.45, 2.75) is 90.1 Å². The summed E-state index contributed by atoms with van der Waals surface area (Å²) in [7, 11) is 0. The zero-order chi connectivity index (χ0) is 16.4. The second kappa shape index (κ2) is 9.85. The Hall–Kier alpha value is -1.07. The van der Waals surface area contributed by atoms with E-state index in [9.17, 15) is 13.2 Å². The first-order chi connectivity index (χ1) is 10.5. The molecule has 1 aromatic heterocycles. The third-order valence-electron chi connectivity index (χ3n) is 3.86. The first kappa shape index (κ1) is 19.0. The normalized spacial score (nSPS) is 12.3. The molecular formula is C16H27F3N2O. The lowest BCUT2D eigenvalue weighted by Gasteiger charge is -2.12. The quantitative estimate of drug-likeness (QED) is 0.461. The third kappa shape index (κ3) is 6.79. The van der Waals surface area contributed by atoms with Gasteiger partial charge in [0.15, 0.2) is 0 Å². The lowest BCUT2D eigenvalue weighted by Crippen LogP contribution is -2.08. The van der Waals surface area contributed by atoms with Crippen molar-refractivity contribution in [3.05, 3.63) is 11.7 Å². The molecule has 0 radical (unpaired) electrons. The summed E-state index contributed by atoms with van der Waals surface area (Å²) in [6.45, 7) is 4.27. The standard InChI is InChI=1S/C16H27F3N2O/c1-3-5-7-9-11-13(12-10-8-6-4-2)14-20-15(21-22-14)16(17,18)19/h13H,3-12H2,1-2H3. The van der Waals surface area contributed by atoms with Gasteiger partial charge >= 0.3 is 6.18 Å². The average Bonchev–Trinajstić information content (AvgIpc) is 2.95. The first-order valence-corrected chi connectivity index (χ1v) is 8.39. The van der Waals surface area contributed by atoms with Crippen molar-refractivity contribution in [2.75, 3.05) is 0 Å². The summed E-state index contributed by atoms with van der Waals surface area (Å²) >= 11 is 0. The van der Waals surface area contributed by atoms with Gasteiger partial charge < -0.3 is 4.52 Å². The van der Waals surface area contributed by atoms with Crippen molar-refractivity contribution in [3.63, 3.8) is 0 Å². The summed E-state index contributed by atoms with van der Waals surface area (Å²) in [5.41, 5.74) is 0. The fourth-order valence-corrected chi connectivity index (χ4v) is 2.54. The summed E-state index contributed by atoms with van der Waals surface area (Å²) in [5.74, 6) is -1.05. The molecule has 6 heteroatoms. The molecule has 0 unspecified atom stereocenters. The molecule has 0 aliphatic heterocycles. The van der Waals surface area contributed by atoms with E-state index < -0.39 is 12.0 Å². The molecule has 0 aliphatic carbocycles. The molecule has 0 fully saturated rings. The predicted octanol–water partition coefficient (Wildman–Crippen LogP) is 6.11. The van der Waals surface area contributed by atoms with E-state index in [1.807, 2.05) is 0 Å². The van der Waals surface area contributed by atoms with Crippen LogP contribution in [-0.2, 0) is 6.18 Å². The molecule has 128 valence electrons. The Bertz CT molecular complexity index is 392. The molecule has 0 amide bonds. The molecule has 22 heavy (non-hydrogen) atoms. The molecule has 0 bridgehead atoms. The van der Waals surface area contributed by atoms with Crippen LogP contribution in [-0.4, -0.2) is 10.1 Å². The summed E-state index contributed by atoms with van der Waals surface area (Å²) in [5, 5.41) is 3.09. The SMILES string of the molecule is CCCCCCC(CCCCCC)c1nc(C(F)(F)F)no1. The van der Waals surface area contributed by atoms with Gasteiger partial charge in [0.2, 0.25) is 5.89 Å². The molecule has 0 spiro atoms. The Morgan fingerprint density at radius 2 is 1.45 bits per heavy atom. The van der Waals surface area contributed by atoms with Crippen LogP contribution < -0.4 is 0 Å². The van der Waals surface area contributed by atoms with Gasteiger partial charge in [-0.15, -0.1) is 0 Å². The molecule has 1 heterocycles. The van der Waals surface area contributed by atoms with E-state index in [0.29, 0.717) is 0 Å². The molecule has 0 saturated carbocycles. The average molecular weight is 320 g/mol. The minimum atomic E-state index is -4.53. The predicted molar refractivity (Wildman–Crippen MR) is 79.6 cm³/mol. The maximum atomic E-state index is 12.6. The van der Waals surface area contributed by atoms with Gasteiger partial charge in [0.25, 0.3) is 5.82 Å². The molecule has 3 nitrogen and oxygen atoms in total. The van der Waals surface area contributed by atoms with Crippen LogP contribution in [0.5, 0.6) is 0 Å². The molecule has 0 N–H and O–H groups in total. The number of rotatable bonds is 11. The van der Waals surface area contributed by atoms with Gasteiger partial charge in [0.1, 0.15) is 0 Å². The number of halogens is 3. The van der Waals surface area contributed by atoms with Gasteiger partial charge in [-0.3, -0.25) is 0 Å². The maximum absolute atomic E-state index is 12.6. The van der Waals surface area contributed by atoms with Crippen LogP contribution in [0.1, 0.15) is 95.7 Å². The maximum Gasteiger partial charge on any atom is 0.455 e. The largest absolute Gasteiger partial charge is 0.455 e. The van der Waals surface area contributed by atoms with Crippen molar-refractivity contribution in [1.29, 1.82) is 0 Å². The lowest BCUT2D eigenvalue weighted by molar-refractivity contribution is -0.146. The third-order valence-corrected chi connectivity index (χ3v) is 3.86. The number of aromatic nitrogens is 2. The molecule has 0 atom stereocenters. The number of nitrogens with zero attached hydrogens (tertiary/aromatic N) is 2. The first-order valence-electron chi connectivity index (χ1n) is 8.39. The van der Waals surface area contributed by atoms with Gasteiger partial charge in [0.05, 0.1) is 0 Å². The van der Waals surface area contributed by atoms with Gasteiger partial charge in [-0.05, 0) is 12.8 Å². The highest BCUT2D eigenvalue weighted by atomic mass is 19.4. The number of unbranched alkanes of at least 4 members (excludes halogenated alkanes) is 6. The van der Waals surface area contributed by atoms with Crippen LogP contribution in [0.3, 0.4) is 0 Å². The van der Waals surface area contributed by atoms with Crippen LogP contribution in [0.25, 0.3) is 0 Å². The lowest BCUT2D eigenvalue weighted by atomic mass is 9.94. The second-order valence-corrected chi connectivity index (χ2v) is 5.85. The number of hydrogen-bond acceptors (Lipinski definition) is 3. The van der Waals surface area contributed by atoms with E-state index in [2.05, 4.69) is 24.0 Å². The highest BCUT2D eigenvalue weighted by molar-refractivity contribution is 4.96. The van der Waals surface area contributed by atoms with Crippen LogP contribution in [0.2, 0.25) is 0 Å². The van der Waals surface area contributed by atoms with Gasteiger partial charge in [-0.2, -0.15) is 18.2 Å². The minimum absolute atomic E-state index is 0.0442. The van der Waals surface area contributed by atoms with Crippen LogP contribution in [0.4, 0.5) is 13.2 Å². The Morgan fingerprint density at radius 1 is 0.909 bits per heavy atom. The molecular weight excluding hydrogens is 293 g/mol. The molecule has 0 aliphatic rings. The Labute approximate surface area is 130 Å². The van der Waals surface area contributed by atoms with E-state index in [-0.39, 0.29) is 11.8 Å². The fourth-order valence-electron chi connectivity index (χ4n) is 2.54. The Balaban J connectivity index is 2.60. The summed E-state index contributed by atoms with van der Waals surface area (Å²) in [6.07, 6.45) is 5.89. The number of hydrogen-bond donors (Lipinski definition) is 0. The van der Waals surface area contributed by atoms with Gasteiger partial charge in [-0.1, -0.05) is 70.4 Å². The van der Waals surface area contributed by atoms with E-state index in [4.69, 9.17) is 4.52 Å². The molecule has 1 rings (SSSR count). The molecule has 0 saturated heterocycles. The van der Waals surface area contributed by atoms with Crippen molar-refractivity contribution < 1.29 is 17.7 Å². The highest BCUT2D eigenvalue weighted by Gasteiger charge is 2.38. The number of alkyl halides is 3. The van der Waals surface area contributed by atoms with Crippen LogP contribution in [0.15, 0.2) is 4.52 Å². The Morgan fingerprint density at radius 3 is 1.86 bits per heavy atom. The van der Waals surface area contributed by atoms with E-state index in [1.54, 1.807) is 0 Å². The van der Waals surface area contributed by atoms with Crippen LogP contribution in [0, 0.1) is 0 Å². The summed E-state index contributed by atoms with van der Waals surface area (Å²) in [6, 6.07) is 0. The van der Waals surface area contributed by atoms with Crippen molar-refractivity contribution in [3.8, 4) is 0 Å². The van der Waals surface area contributed by atoms with Crippen molar-refractivity contribution in [2.24, 2.45) is 0 Å². The second-order valence-electron chi connectivity index (χ2n) is 5.85. The van der Waals surface area contributed by atoms with E-state index in [0.717, 1.165) is 64.2 Å². The monoisotopic (exact) mass is 320 g/mol. The van der Waals surface area contributed by atoms with Crippen molar-refractivity contribution >= 4 is 0 Å². The fraction of sp³-hybridized carbons (Fsp3) is 0.875. The van der Waals surface area contributed by atoms with E-state index >= 15 is 0 Å². The van der Waals surface area contributed by atoms with Crippen LogP contribution >= 0.6 is 0 Å². The summed E-state index contributed by atoms with van der Waals surface area (Å²) in [4.78, 5) is 3.58. The zero-order valence-corrected chi connectivity index (χ0v) is 13.6. The summed E-state index contributed by atoms with van der Waals surface area (Å²) < 4.78 is 42.6. The molecule has 1 aromatic rings. The Kier molecular flexibility index (Phi) is 8.49. The molecule has 0 aromatic carbocycles. The zero-order valence-electron chi connectivity index (χ0n) is 13.6. The smallest absolute Gasteiger partial charge is 0.339 e. The van der Waals surface area contributed by atoms with Crippen molar-refractivity contribution in [1.82, 2.24) is 10.1 Å². The minimum Gasteiger partial charge on any atom is -0.339 e. The topological polar surface area (TPSA) is 38.9 Å². The highest BCUT2D eigenvalue weighted by Crippen LogP contribution is 2.31.